The van der Waals surface area contributed by atoms with Gasteiger partial charge in [0.25, 0.3) is 5.91 Å². The third kappa shape index (κ3) is 3.94. The van der Waals surface area contributed by atoms with Gasteiger partial charge in [0.1, 0.15) is 11.6 Å². The highest BCUT2D eigenvalue weighted by molar-refractivity contribution is 5.93. The largest absolute Gasteiger partial charge is 0.422 e. The van der Waals surface area contributed by atoms with Crippen molar-refractivity contribution < 1.29 is 18.4 Å². The Kier molecular flexibility index (Phi) is 4.78. The molecule has 0 aliphatic carbocycles. The first-order valence-electron chi connectivity index (χ1n) is 8.65. The Morgan fingerprint density at radius 1 is 1.30 bits per heavy atom. The number of hydrogen-bond acceptors (Lipinski definition) is 6. The van der Waals surface area contributed by atoms with Crippen LogP contribution in [-0.2, 0) is 0 Å². The third-order valence-electron chi connectivity index (χ3n) is 4.39. The van der Waals surface area contributed by atoms with Gasteiger partial charge in [-0.1, -0.05) is 6.07 Å². The molecule has 1 amide bonds. The van der Waals surface area contributed by atoms with Crippen molar-refractivity contribution in [2.45, 2.75) is 18.8 Å². The van der Waals surface area contributed by atoms with Gasteiger partial charge in [0, 0.05) is 31.5 Å². The van der Waals surface area contributed by atoms with E-state index in [2.05, 4.69) is 15.1 Å². The standard InChI is InChI=1S/C19H17FN4O3/c20-15-6-1-7-16(10-15)26-19-22-17(27-23-19)14-5-3-9-24(12-14)18(25)13-4-2-8-21-11-13/h1-2,4,6-8,10-11,14H,3,5,9,12H2. The van der Waals surface area contributed by atoms with Gasteiger partial charge in [-0.15, -0.1) is 0 Å². The van der Waals surface area contributed by atoms with Gasteiger partial charge in [-0.2, -0.15) is 4.98 Å². The van der Waals surface area contributed by atoms with E-state index in [9.17, 15) is 9.18 Å². The minimum Gasteiger partial charge on any atom is -0.422 e. The Balaban J connectivity index is 1.44. The number of rotatable bonds is 4. The van der Waals surface area contributed by atoms with Crippen molar-refractivity contribution in [3.63, 3.8) is 0 Å². The Morgan fingerprint density at radius 2 is 2.22 bits per heavy atom. The third-order valence-corrected chi connectivity index (χ3v) is 4.39. The van der Waals surface area contributed by atoms with Crippen LogP contribution in [-0.4, -0.2) is 39.0 Å². The van der Waals surface area contributed by atoms with Crippen LogP contribution in [0.1, 0.15) is 35.0 Å². The lowest BCUT2D eigenvalue weighted by Gasteiger charge is -2.30. The van der Waals surface area contributed by atoms with Crippen LogP contribution in [0.5, 0.6) is 11.8 Å². The maximum absolute atomic E-state index is 13.2. The fraction of sp³-hybridized carbons (Fsp3) is 0.263. The fourth-order valence-corrected chi connectivity index (χ4v) is 3.10. The maximum atomic E-state index is 13.2. The second-order valence-corrected chi connectivity index (χ2v) is 6.31. The molecule has 2 aromatic heterocycles. The molecule has 1 atom stereocenters. The van der Waals surface area contributed by atoms with Crippen molar-refractivity contribution in [1.82, 2.24) is 20.0 Å². The Morgan fingerprint density at radius 3 is 3.04 bits per heavy atom. The maximum Gasteiger partial charge on any atom is 0.359 e. The predicted molar refractivity (Wildman–Crippen MR) is 92.9 cm³/mol. The summed E-state index contributed by atoms with van der Waals surface area (Å²) in [6.45, 7) is 1.15. The second-order valence-electron chi connectivity index (χ2n) is 6.31. The number of nitrogens with zero attached hydrogens (tertiary/aromatic N) is 4. The normalized spacial score (nSPS) is 16.9. The van der Waals surface area contributed by atoms with E-state index in [1.165, 1.54) is 18.2 Å². The van der Waals surface area contributed by atoms with Crippen molar-refractivity contribution in [3.05, 3.63) is 66.1 Å². The van der Waals surface area contributed by atoms with Gasteiger partial charge in [-0.25, -0.2) is 4.39 Å². The van der Waals surface area contributed by atoms with E-state index in [0.29, 0.717) is 30.3 Å². The molecule has 1 saturated heterocycles. The number of pyridine rings is 1. The molecule has 3 heterocycles. The first kappa shape index (κ1) is 17.1. The highest BCUT2D eigenvalue weighted by atomic mass is 19.1. The minimum atomic E-state index is -0.409. The molecular formula is C19H17FN4O3. The molecule has 0 saturated carbocycles. The molecule has 27 heavy (non-hydrogen) atoms. The molecule has 0 N–H and O–H groups in total. The first-order chi connectivity index (χ1) is 13.2. The van der Waals surface area contributed by atoms with Gasteiger partial charge in [0.2, 0.25) is 5.89 Å². The average molecular weight is 368 g/mol. The molecule has 1 aliphatic heterocycles. The predicted octanol–water partition coefficient (Wildman–Crippen LogP) is 3.42. The Labute approximate surface area is 154 Å². The molecule has 1 aromatic carbocycles. The molecule has 7 nitrogen and oxygen atoms in total. The fourth-order valence-electron chi connectivity index (χ4n) is 3.10. The number of benzene rings is 1. The van der Waals surface area contributed by atoms with Crippen LogP contribution in [0.3, 0.4) is 0 Å². The van der Waals surface area contributed by atoms with Crippen LogP contribution in [0.25, 0.3) is 0 Å². The van der Waals surface area contributed by atoms with Gasteiger partial charge in [0.05, 0.1) is 11.5 Å². The molecule has 0 spiro atoms. The highest BCUT2D eigenvalue weighted by Crippen LogP contribution is 2.28. The summed E-state index contributed by atoms with van der Waals surface area (Å²) in [5.41, 5.74) is 0.554. The lowest BCUT2D eigenvalue weighted by atomic mass is 9.97. The number of amides is 1. The molecule has 8 heteroatoms. The quantitative estimate of drug-likeness (QED) is 0.702. The summed E-state index contributed by atoms with van der Waals surface area (Å²) in [4.78, 5) is 22.6. The number of likely N-dealkylation sites (tertiary alicyclic amines) is 1. The van der Waals surface area contributed by atoms with E-state index in [0.717, 1.165) is 12.8 Å². The van der Waals surface area contributed by atoms with Crippen molar-refractivity contribution in [2.24, 2.45) is 0 Å². The summed E-state index contributed by atoms with van der Waals surface area (Å²) in [5, 5.41) is 3.80. The van der Waals surface area contributed by atoms with E-state index in [1.807, 2.05) is 0 Å². The summed E-state index contributed by atoms with van der Waals surface area (Å²) >= 11 is 0. The van der Waals surface area contributed by atoms with Crippen LogP contribution in [0.15, 0.2) is 53.3 Å². The van der Waals surface area contributed by atoms with E-state index < -0.39 is 5.82 Å². The summed E-state index contributed by atoms with van der Waals surface area (Å²) in [6.07, 6.45) is 4.86. The van der Waals surface area contributed by atoms with Crippen molar-refractivity contribution in [2.75, 3.05) is 13.1 Å². The van der Waals surface area contributed by atoms with E-state index >= 15 is 0 Å². The van der Waals surface area contributed by atoms with Crippen LogP contribution >= 0.6 is 0 Å². The summed E-state index contributed by atoms with van der Waals surface area (Å²) < 4.78 is 24.0. The van der Waals surface area contributed by atoms with Crippen LogP contribution in [0, 0.1) is 5.82 Å². The number of ether oxygens (including phenoxy) is 1. The molecule has 1 unspecified atom stereocenters. The summed E-state index contributed by atoms with van der Waals surface area (Å²) in [6, 6.07) is 9.21. The number of hydrogen-bond donors (Lipinski definition) is 0. The number of carbonyl (C=O) groups is 1. The van der Waals surface area contributed by atoms with Crippen LogP contribution < -0.4 is 4.74 Å². The zero-order chi connectivity index (χ0) is 18.6. The van der Waals surface area contributed by atoms with Crippen LogP contribution in [0.2, 0.25) is 0 Å². The van der Waals surface area contributed by atoms with Gasteiger partial charge in [0.15, 0.2) is 0 Å². The molecule has 0 bridgehead atoms. The molecule has 1 aliphatic rings. The number of piperidine rings is 1. The molecule has 3 aromatic rings. The highest BCUT2D eigenvalue weighted by Gasteiger charge is 2.29. The minimum absolute atomic E-state index is 0.0197. The Bertz CT molecular complexity index is 931. The van der Waals surface area contributed by atoms with E-state index in [1.54, 1.807) is 35.5 Å². The zero-order valence-electron chi connectivity index (χ0n) is 14.4. The SMILES string of the molecule is O=C(c1cccnc1)N1CCCC(c2nc(Oc3cccc(F)c3)no2)C1. The van der Waals surface area contributed by atoms with E-state index in [-0.39, 0.29) is 17.8 Å². The molecular weight excluding hydrogens is 351 g/mol. The Hall–Kier alpha value is -3.29. The van der Waals surface area contributed by atoms with Gasteiger partial charge in [-0.05, 0) is 42.3 Å². The lowest BCUT2D eigenvalue weighted by Crippen LogP contribution is -2.39. The summed E-state index contributed by atoms with van der Waals surface area (Å²) in [7, 11) is 0. The monoisotopic (exact) mass is 368 g/mol. The van der Waals surface area contributed by atoms with Gasteiger partial charge >= 0.3 is 6.01 Å². The molecule has 1 fully saturated rings. The number of aromatic nitrogens is 3. The van der Waals surface area contributed by atoms with Crippen molar-refractivity contribution >= 4 is 5.91 Å². The smallest absolute Gasteiger partial charge is 0.359 e. The lowest BCUT2D eigenvalue weighted by molar-refractivity contribution is 0.0695. The number of halogens is 1. The second kappa shape index (κ2) is 7.53. The average Bonchev–Trinajstić information content (AvgIpc) is 3.17. The number of carbonyl (C=O) groups excluding carboxylic acids is 1. The summed E-state index contributed by atoms with van der Waals surface area (Å²) in [5.74, 6) is 0.151. The zero-order valence-corrected chi connectivity index (χ0v) is 14.4. The first-order valence-corrected chi connectivity index (χ1v) is 8.65. The molecule has 138 valence electrons. The van der Waals surface area contributed by atoms with E-state index in [4.69, 9.17) is 9.26 Å². The molecule has 0 radical (unpaired) electrons. The van der Waals surface area contributed by atoms with Crippen molar-refractivity contribution in [3.8, 4) is 11.8 Å². The van der Waals surface area contributed by atoms with Crippen molar-refractivity contribution in [1.29, 1.82) is 0 Å². The van der Waals surface area contributed by atoms with Crippen LogP contribution in [0.4, 0.5) is 4.39 Å². The molecule has 4 rings (SSSR count). The van der Waals surface area contributed by atoms with Gasteiger partial charge < -0.3 is 14.2 Å². The van der Waals surface area contributed by atoms with Gasteiger partial charge in [-0.3, -0.25) is 9.78 Å². The topological polar surface area (TPSA) is 81.4 Å².